The second-order valence-corrected chi connectivity index (χ2v) is 4.58. The summed E-state index contributed by atoms with van der Waals surface area (Å²) in [5.41, 5.74) is 0.508. The molecule has 0 aliphatic carbocycles. The lowest BCUT2D eigenvalue weighted by atomic mass is 10.1. The Morgan fingerprint density at radius 3 is 2.78 bits per heavy atom. The molecule has 1 rings (SSSR count). The summed E-state index contributed by atoms with van der Waals surface area (Å²) >= 11 is 5.78. The minimum absolute atomic E-state index is 0.194. The summed E-state index contributed by atoms with van der Waals surface area (Å²) in [7, 11) is 0. The summed E-state index contributed by atoms with van der Waals surface area (Å²) in [6.45, 7) is 2.12. The quantitative estimate of drug-likeness (QED) is 0.780. The van der Waals surface area contributed by atoms with Crippen LogP contribution in [0.5, 0.6) is 0 Å². The second kappa shape index (κ2) is 7.01. The fourth-order valence-corrected chi connectivity index (χ4v) is 1.66. The Kier molecular flexibility index (Phi) is 5.65. The molecule has 0 saturated carbocycles. The molecular weight excluding hydrogens is 254 g/mol. The van der Waals surface area contributed by atoms with E-state index in [-0.39, 0.29) is 11.8 Å². The number of amides is 1. The lowest BCUT2D eigenvalue weighted by Gasteiger charge is -2.07. The first kappa shape index (κ1) is 14.5. The summed E-state index contributed by atoms with van der Waals surface area (Å²) in [5.74, 6) is -1.38. The van der Waals surface area contributed by atoms with Crippen LogP contribution in [-0.4, -0.2) is 23.5 Å². The van der Waals surface area contributed by atoms with Gasteiger partial charge < -0.3 is 10.4 Å². The van der Waals surface area contributed by atoms with Gasteiger partial charge in [0.1, 0.15) is 0 Å². The van der Waals surface area contributed by atoms with Gasteiger partial charge in [-0.25, -0.2) is 0 Å². The van der Waals surface area contributed by atoms with E-state index in [0.717, 1.165) is 0 Å². The third-order valence-corrected chi connectivity index (χ3v) is 2.84. The smallest absolute Gasteiger partial charge is 0.306 e. The van der Waals surface area contributed by atoms with Crippen LogP contribution in [-0.2, 0) is 4.79 Å². The van der Waals surface area contributed by atoms with Gasteiger partial charge in [-0.15, -0.1) is 0 Å². The summed E-state index contributed by atoms with van der Waals surface area (Å²) in [4.78, 5) is 22.3. The lowest BCUT2D eigenvalue weighted by Crippen LogP contribution is -2.25. The van der Waals surface area contributed by atoms with E-state index in [4.69, 9.17) is 16.7 Å². The van der Waals surface area contributed by atoms with Gasteiger partial charge in [0, 0.05) is 17.1 Å². The van der Waals surface area contributed by atoms with Crippen molar-refractivity contribution in [3.8, 4) is 0 Å². The SMILES string of the molecule is CC(CCCNC(=O)c1cccc(Cl)c1)C(=O)O. The van der Waals surface area contributed by atoms with Gasteiger partial charge in [0.25, 0.3) is 5.91 Å². The van der Waals surface area contributed by atoms with Crippen LogP contribution in [0.15, 0.2) is 24.3 Å². The zero-order valence-electron chi connectivity index (χ0n) is 10.1. The average Bonchev–Trinajstić information content (AvgIpc) is 2.33. The molecule has 1 aromatic rings. The number of carboxylic acid groups (broad SMARTS) is 1. The molecule has 1 amide bonds. The summed E-state index contributed by atoms with van der Waals surface area (Å²) in [5, 5.41) is 11.9. The van der Waals surface area contributed by atoms with Crippen LogP contribution in [0.1, 0.15) is 30.1 Å². The highest BCUT2D eigenvalue weighted by Crippen LogP contribution is 2.10. The Labute approximate surface area is 111 Å². The molecule has 0 spiro atoms. The maximum absolute atomic E-state index is 11.7. The first-order chi connectivity index (χ1) is 8.50. The van der Waals surface area contributed by atoms with Crippen LogP contribution in [0, 0.1) is 5.92 Å². The molecule has 1 aromatic carbocycles. The van der Waals surface area contributed by atoms with Crippen molar-refractivity contribution in [3.63, 3.8) is 0 Å². The summed E-state index contributed by atoms with van der Waals surface area (Å²) in [6.07, 6.45) is 1.19. The Hall–Kier alpha value is -1.55. The largest absolute Gasteiger partial charge is 0.481 e. The van der Waals surface area contributed by atoms with E-state index >= 15 is 0 Å². The van der Waals surface area contributed by atoms with Gasteiger partial charge in [-0.3, -0.25) is 9.59 Å². The minimum atomic E-state index is -0.809. The van der Waals surface area contributed by atoms with Crippen molar-refractivity contribution in [2.75, 3.05) is 6.54 Å². The molecule has 0 heterocycles. The molecule has 5 heteroatoms. The molecule has 0 aliphatic rings. The van der Waals surface area contributed by atoms with Crippen LogP contribution in [0.3, 0.4) is 0 Å². The molecule has 0 saturated heterocycles. The topological polar surface area (TPSA) is 66.4 Å². The maximum atomic E-state index is 11.7. The second-order valence-electron chi connectivity index (χ2n) is 4.15. The molecule has 0 radical (unpaired) electrons. The zero-order valence-corrected chi connectivity index (χ0v) is 10.9. The molecule has 0 aliphatic heterocycles. The Morgan fingerprint density at radius 2 is 2.17 bits per heavy atom. The maximum Gasteiger partial charge on any atom is 0.306 e. The van der Waals surface area contributed by atoms with Gasteiger partial charge in [0.05, 0.1) is 5.92 Å². The van der Waals surface area contributed by atoms with Crippen molar-refractivity contribution in [2.24, 2.45) is 5.92 Å². The molecule has 1 unspecified atom stereocenters. The van der Waals surface area contributed by atoms with E-state index in [1.54, 1.807) is 31.2 Å². The van der Waals surface area contributed by atoms with Crippen LogP contribution < -0.4 is 5.32 Å². The Bertz CT molecular complexity index is 434. The van der Waals surface area contributed by atoms with Crippen LogP contribution in [0.25, 0.3) is 0 Å². The van der Waals surface area contributed by atoms with Crippen molar-refractivity contribution >= 4 is 23.5 Å². The van der Waals surface area contributed by atoms with E-state index in [0.29, 0.717) is 30.0 Å². The number of hydrogen-bond acceptors (Lipinski definition) is 2. The lowest BCUT2D eigenvalue weighted by molar-refractivity contribution is -0.141. The third-order valence-electron chi connectivity index (χ3n) is 2.61. The van der Waals surface area contributed by atoms with Crippen molar-refractivity contribution in [1.82, 2.24) is 5.32 Å². The van der Waals surface area contributed by atoms with Crippen molar-refractivity contribution in [2.45, 2.75) is 19.8 Å². The highest BCUT2D eigenvalue weighted by molar-refractivity contribution is 6.30. The highest BCUT2D eigenvalue weighted by atomic mass is 35.5. The van der Waals surface area contributed by atoms with Gasteiger partial charge in [-0.05, 0) is 31.0 Å². The molecule has 0 aromatic heterocycles. The normalized spacial score (nSPS) is 11.9. The molecule has 18 heavy (non-hydrogen) atoms. The zero-order chi connectivity index (χ0) is 13.5. The first-order valence-corrected chi connectivity index (χ1v) is 6.15. The Balaban J connectivity index is 2.32. The average molecular weight is 270 g/mol. The minimum Gasteiger partial charge on any atom is -0.481 e. The standard InChI is InChI=1S/C13H16ClNO3/c1-9(13(17)18)4-3-7-15-12(16)10-5-2-6-11(14)8-10/h2,5-6,8-9H,3-4,7H2,1H3,(H,15,16)(H,17,18). The van der Waals surface area contributed by atoms with Gasteiger partial charge in [0.2, 0.25) is 0 Å². The predicted octanol–water partition coefficient (Wildman–Crippen LogP) is 2.57. The van der Waals surface area contributed by atoms with E-state index in [9.17, 15) is 9.59 Å². The van der Waals surface area contributed by atoms with E-state index in [1.807, 2.05) is 0 Å². The molecule has 98 valence electrons. The van der Waals surface area contributed by atoms with Gasteiger partial charge in [-0.1, -0.05) is 24.6 Å². The van der Waals surface area contributed by atoms with Gasteiger partial charge in [0.15, 0.2) is 0 Å². The van der Waals surface area contributed by atoms with E-state index in [2.05, 4.69) is 5.32 Å². The number of nitrogens with one attached hydrogen (secondary N) is 1. The van der Waals surface area contributed by atoms with E-state index < -0.39 is 5.97 Å². The number of carboxylic acids is 1. The number of carbonyl (C=O) groups is 2. The van der Waals surface area contributed by atoms with Crippen molar-refractivity contribution in [3.05, 3.63) is 34.9 Å². The summed E-state index contributed by atoms with van der Waals surface area (Å²) in [6, 6.07) is 6.69. The van der Waals surface area contributed by atoms with Crippen molar-refractivity contribution < 1.29 is 14.7 Å². The van der Waals surface area contributed by atoms with E-state index in [1.165, 1.54) is 0 Å². The predicted molar refractivity (Wildman–Crippen MR) is 69.8 cm³/mol. The number of aliphatic carboxylic acids is 1. The molecule has 4 nitrogen and oxygen atoms in total. The Morgan fingerprint density at radius 1 is 1.44 bits per heavy atom. The van der Waals surface area contributed by atoms with Crippen LogP contribution in [0.4, 0.5) is 0 Å². The first-order valence-electron chi connectivity index (χ1n) is 5.77. The number of rotatable bonds is 6. The number of hydrogen-bond donors (Lipinski definition) is 2. The number of carbonyl (C=O) groups excluding carboxylic acids is 1. The number of halogens is 1. The fourth-order valence-electron chi connectivity index (χ4n) is 1.47. The van der Waals surface area contributed by atoms with Crippen LogP contribution >= 0.6 is 11.6 Å². The molecule has 1 atom stereocenters. The van der Waals surface area contributed by atoms with Gasteiger partial charge >= 0.3 is 5.97 Å². The fraction of sp³-hybridized carbons (Fsp3) is 0.385. The third kappa shape index (κ3) is 4.75. The molecule has 0 bridgehead atoms. The summed E-state index contributed by atoms with van der Waals surface area (Å²) < 4.78 is 0. The van der Waals surface area contributed by atoms with Crippen LogP contribution in [0.2, 0.25) is 5.02 Å². The number of benzene rings is 1. The molecular formula is C13H16ClNO3. The monoisotopic (exact) mass is 269 g/mol. The van der Waals surface area contributed by atoms with Gasteiger partial charge in [-0.2, -0.15) is 0 Å². The van der Waals surface area contributed by atoms with Crippen molar-refractivity contribution in [1.29, 1.82) is 0 Å². The molecule has 0 fully saturated rings. The highest BCUT2D eigenvalue weighted by Gasteiger charge is 2.10. The molecule has 2 N–H and O–H groups in total.